The first-order valence-electron chi connectivity index (χ1n) is 3.72. The van der Waals surface area contributed by atoms with Crippen LogP contribution in [0.3, 0.4) is 0 Å². The average molecular weight is 140 g/mol. The molecule has 0 N–H and O–H groups in total. The number of hydrogen-bond donors (Lipinski definition) is 0. The van der Waals surface area contributed by atoms with Crippen LogP contribution < -0.4 is 0 Å². The molecular weight excluding hydrogens is 124 g/mol. The predicted molar refractivity (Wildman–Crippen MR) is 43.7 cm³/mol. The minimum Gasteiger partial charge on any atom is -0.372 e. The van der Waals surface area contributed by atoms with E-state index in [1.165, 1.54) is 6.42 Å². The molecule has 0 aromatic rings. The summed E-state index contributed by atoms with van der Waals surface area (Å²) < 4.78 is 4.78. The van der Waals surface area contributed by atoms with E-state index in [-0.39, 0.29) is 0 Å². The molecule has 0 radical (unpaired) electrons. The summed E-state index contributed by atoms with van der Waals surface area (Å²) in [6, 6.07) is 0. The minimum absolute atomic E-state index is 0.568. The van der Waals surface area contributed by atoms with Crippen LogP contribution in [0.2, 0.25) is 0 Å². The maximum Gasteiger partial charge on any atom is 0.107 e. The van der Waals surface area contributed by atoms with Gasteiger partial charge in [-0.15, -0.1) is 5.92 Å². The second-order valence-electron chi connectivity index (χ2n) is 2.72. The third-order valence-corrected chi connectivity index (χ3v) is 1.19. The Bertz CT molecular complexity index is 116. The lowest BCUT2D eigenvalue weighted by Gasteiger charge is -1.96. The molecule has 0 aliphatic carbocycles. The van der Waals surface area contributed by atoms with Crippen molar-refractivity contribution in [3.05, 3.63) is 0 Å². The number of ether oxygens (including phenoxy) is 1. The van der Waals surface area contributed by atoms with Gasteiger partial charge in [0.2, 0.25) is 0 Å². The molecule has 0 aromatic heterocycles. The summed E-state index contributed by atoms with van der Waals surface area (Å²) >= 11 is 0. The third kappa shape index (κ3) is 7.52. The topological polar surface area (TPSA) is 9.23 Å². The molecule has 0 amide bonds. The standard InChI is InChI=1S/C9H16O/c1-9(2)7-5-4-6-8-10-3/h9H,5,7-8H2,1-3H3. The van der Waals surface area contributed by atoms with Crippen LogP contribution in [0.5, 0.6) is 0 Å². The van der Waals surface area contributed by atoms with Crippen molar-refractivity contribution < 1.29 is 4.74 Å². The van der Waals surface area contributed by atoms with E-state index in [2.05, 4.69) is 25.7 Å². The Kier molecular flexibility index (Phi) is 6.32. The Morgan fingerprint density at radius 2 is 2.00 bits per heavy atom. The molecule has 1 nitrogen and oxygen atoms in total. The molecule has 0 saturated heterocycles. The summed E-state index contributed by atoms with van der Waals surface area (Å²) in [6.07, 6.45) is 2.19. The van der Waals surface area contributed by atoms with Crippen LogP contribution in [-0.2, 0) is 4.74 Å². The normalized spacial score (nSPS) is 9.20. The van der Waals surface area contributed by atoms with Crippen LogP contribution in [0, 0.1) is 17.8 Å². The quantitative estimate of drug-likeness (QED) is 0.545. The predicted octanol–water partition coefficient (Wildman–Crippen LogP) is 2.07. The average Bonchev–Trinajstić information content (AvgIpc) is 1.87. The number of hydrogen-bond acceptors (Lipinski definition) is 1. The van der Waals surface area contributed by atoms with Gasteiger partial charge in [0.1, 0.15) is 6.61 Å². The van der Waals surface area contributed by atoms with Crippen LogP contribution in [0.1, 0.15) is 26.7 Å². The van der Waals surface area contributed by atoms with Crippen molar-refractivity contribution in [1.29, 1.82) is 0 Å². The van der Waals surface area contributed by atoms with Crippen LogP contribution in [-0.4, -0.2) is 13.7 Å². The summed E-state index contributed by atoms with van der Waals surface area (Å²) in [6.45, 7) is 4.98. The van der Waals surface area contributed by atoms with Gasteiger partial charge in [-0.2, -0.15) is 0 Å². The Balaban J connectivity index is 3.12. The molecule has 0 rings (SSSR count). The zero-order chi connectivity index (χ0) is 7.82. The summed E-state index contributed by atoms with van der Waals surface area (Å²) in [5, 5.41) is 0. The van der Waals surface area contributed by atoms with Gasteiger partial charge in [-0.05, 0) is 12.3 Å². The van der Waals surface area contributed by atoms with E-state index < -0.39 is 0 Å². The molecule has 0 unspecified atom stereocenters. The molecular formula is C9H16O. The van der Waals surface area contributed by atoms with E-state index in [1.54, 1.807) is 7.11 Å². The van der Waals surface area contributed by atoms with E-state index in [0.29, 0.717) is 6.61 Å². The molecule has 1 heteroatoms. The molecule has 0 bridgehead atoms. The van der Waals surface area contributed by atoms with Crippen molar-refractivity contribution in [2.75, 3.05) is 13.7 Å². The Morgan fingerprint density at radius 3 is 2.50 bits per heavy atom. The zero-order valence-corrected chi connectivity index (χ0v) is 7.11. The van der Waals surface area contributed by atoms with E-state index in [9.17, 15) is 0 Å². The molecule has 0 spiro atoms. The van der Waals surface area contributed by atoms with E-state index in [0.717, 1.165) is 12.3 Å². The summed E-state index contributed by atoms with van der Waals surface area (Å²) in [5.74, 6) is 6.72. The Hall–Kier alpha value is -0.480. The fraction of sp³-hybridized carbons (Fsp3) is 0.778. The SMILES string of the molecule is COCC#CCCC(C)C. The van der Waals surface area contributed by atoms with Crippen molar-refractivity contribution in [2.24, 2.45) is 5.92 Å². The van der Waals surface area contributed by atoms with Gasteiger partial charge in [-0.3, -0.25) is 0 Å². The maximum absolute atomic E-state index is 4.78. The first-order valence-corrected chi connectivity index (χ1v) is 3.72. The first-order chi connectivity index (χ1) is 4.77. The smallest absolute Gasteiger partial charge is 0.107 e. The molecule has 0 aromatic carbocycles. The van der Waals surface area contributed by atoms with Crippen LogP contribution >= 0.6 is 0 Å². The molecule has 0 aliphatic heterocycles. The van der Waals surface area contributed by atoms with E-state index in [1.807, 2.05) is 0 Å². The highest BCUT2D eigenvalue weighted by molar-refractivity contribution is 4.98. The van der Waals surface area contributed by atoms with Crippen molar-refractivity contribution >= 4 is 0 Å². The van der Waals surface area contributed by atoms with Gasteiger partial charge in [0, 0.05) is 13.5 Å². The lowest BCUT2D eigenvalue weighted by molar-refractivity contribution is 0.239. The van der Waals surface area contributed by atoms with E-state index in [4.69, 9.17) is 4.74 Å². The summed E-state index contributed by atoms with van der Waals surface area (Å²) in [5.41, 5.74) is 0. The highest BCUT2D eigenvalue weighted by Gasteiger charge is 1.88. The van der Waals surface area contributed by atoms with Gasteiger partial charge >= 0.3 is 0 Å². The second kappa shape index (κ2) is 6.64. The lowest BCUT2D eigenvalue weighted by Crippen LogP contribution is -1.85. The molecule has 0 fully saturated rings. The fourth-order valence-corrected chi connectivity index (χ4v) is 0.572. The van der Waals surface area contributed by atoms with Crippen molar-refractivity contribution in [1.82, 2.24) is 0 Å². The Morgan fingerprint density at radius 1 is 1.30 bits per heavy atom. The fourth-order valence-electron chi connectivity index (χ4n) is 0.572. The molecule has 0 heterocycles. The monoisotopic (exact) mass is 140 g/mol. The number of rotatable bonds is 3. The molecule has 0 aliphatic rings. The van der Waals surface area contributed by atoms with Gasteiger partial charge < -0.3 is 4.74 Å². The van der Waals surface area contributed by atoms with Crippen LogP contribution in [0.15, 0.2) is 0 Å². The molecule has 10 heavy (non-hydrogen) atoms. The second-order valence-corrected chi connectivity index (χ2v) is 2.72. The number of methoxy groups -OCH3 is 1. The van der Waals surface area contributed by atoms with Crippen LogP contribution in [0.4, 0.5) is 0 Å². The van der Waals surface area contributed by atoms with Gasteiger partial charge in [-0.25, -0.2) is 0 Å². The molecule has 58 valence electrons. The van der Waals surface area contributed by atoms with Gasteiger partial charge in [0.25, 0.3) is 0 Å². The van der Waals surface area contributed by atoms with Crippen molar-refractivity contribution in [3.8, 4) is 11.8 Å². The lowest BCUT2D eigenvalue weighted by atomic mass is 10.1. The first kappa shape index (κ1) is 9.52. The largest absolute Gasteiger partial charge is 0.372 e. The van der Waals surface area contributed by atoms with E-state index >= 15 is 0 Å². The van der Waals surface area contributed by atoms with Gasteiger partial charge in [0.15, 0.2) is 0 Å². The van der Waals surface area contributed by atoms with Gasteiger partial charge in [-0.1, -0.05) is 19.8 Å². The van der Waals surface area contributed by atoms with Crippen LogP contribution in [0.25, 0.3) is 0 Å². The van der Waals surface area contributed by atoms with Crippen molar-refractivity contribution in [2.45, 2.75) is 26.7 Å². The minimum atomic E-state index is 0.568. The molecule has 0 saturated carbocycles. The maximum atomic E-state index is 4.78. The summed E-state index contributed by atoms with van der Waals surface area (Å²) in [7, 11) is 1.66. The highest BCUT2D eigenvalue weighted by Crippen LogP contribution is 2.01. The third-order valence-electron chi connectivity index (χ3n) is 1.19. The summed E-state index contributed by atoms with van der Waals surface area (Å²) in [4.78, 5) is 0. The zero-order valence-electron chi connectivity index (χ0n) is 7.11. The molecule has 0 atom stereocenters. The van der Waals surface area contributed by atoms with Gasteiger partial charge in [0.05, 0.1) is 0 Å². The van der Waals surface area contributed by atoms with Crippen molar-refractivity contribution in [3.63, 3.8) is 0 Å². The Labute approximate surface area is 63.8 Å². The highest BCUT2D eigenvalue weighted by atomic mass is 16.5.